The van der Waals surface area contributed by atoms with Gasteiger partial charge in [-0.1, -0.05) is 27.7 Å². The van der Waals surface area contributed by atoms with Crippen LogP contribution < -0.4 is 5.84 Å². The number of nitrogens with two attached hydrogens (primary N) is 1. The smallest absolute Gasteiger partial charge is 0.265 e. The van der Waals surface area contributed by atoms with Crippen LogP contribution in [0.5, 0.6) is 0 Å². The lowest BCUT2D eigenvalue weighted by atomic mass is 10.2. The minimum atomic E-state index is -0.0724. The largest absolute Gasteiger partial charge is 0.376 e. The molecule has 0 spiro atoms. The minimum absolute atomic E-state index is 0.0724. The molecule has 0 aromatic rings. The molecule has 16 heavy (non-hydrogen) atoms. The van der Waals surface area contributed by atoms with Crippen molar-refractivity contribution in [3.8, 4) is 0 Å². The van der Waals surface area contributed by atoms with E-state index in [1.807, 2.05) is 46.6 Å². The SMILES string of the molecule is CC.CC.CC1=C(C)N(C)CCN(N)C1=O. The Morgan fingerprint density at radius 1 is 1.06 bits per heavy atom. The summed E-state index contributed by atoms with van der Waals surface area (Å²) < 4.78 is 0. The van der Waals surface area contributed by atoms with E-state index in [9.17, 15) is 4.79 Å². The predicted octanol–water partition coefficient (Wildman–Crippen LogP) is 1.98. The van der Waals surface area contributed by atoms with Crippen LogP contribution in [0.25, 0.3) is 0 Å². The molecule has 0 bridgehead atoms. The Morgan fingerprint density at radius 3 is 1.94 bits per heavy atom. The van der Waals surface area contributed by atoms with Crippen LogP contribution in [0.2, 0.25) is 0 Å². The molecule has 4 heteroatoms. The van der Waals surface area contributed by atoms with Crippen LogP contribution in [0.15, 0.2) is 11.3 Å². The topological polar surface area (TPSA) is 49.6 Å². The maximum atomic E-state index is 11.4. The summed E-state index contributed by atoms with van der Waals surface area (Å²) in [5, 5.41) is 1.27. The maximum Gasteiger partial charge on any atom is 0.265 e. The zero-order valence-corrected chi connectivity index (χ0v) is 11.8. The third-order valence-corrected chi connectivity index (χ3v) is 2.37. The molecule has 96 valence electrons. The van der Waals surface area contributed by atoms with Gasteiger partial charge in [-0.15, -0.1) is 0 Å². The number of carbonyl (C=O) groups is 1. The zero-order chi connectivity index (χ0) is 13.3. The number of likely N-dealkylation sites (N-methyl/N-ethyl adjacent to an activating group) is 1. The summed E-state index contributed by atoms with van der Waals surface area (Å²) >= 11 is 0. The Bertz CT molecular complexity index is 236. The Kier molecular flexibility index (Phi) is 10.0. The van der Waals surface area contributed by atoms with Crippen molar-refractivity contribution >= 4 is 5.91 Å². The van der Waals surface area contributed by atoms with Gasteiger partial charge in [-0.25, -0.2) is 5.84 Å². The van der Waals surface area contributed by atoms with Crippen LogP contribution in [0.1, 0.15) is 41.5 Å². The molecule has 2 N–H and O–H groups in total. The van der Waals surface area contributed by atoms with Crippen molar-refractivity contribution in [3.05, 3.63) is 11.3 Å². The quantitative estimate of drug-likeness (QED) is 0.510. The van der Waals surface area contributed by atoms with E-state index in [0.29, 0.717) is 6.54 Å². The summed E-state index contributed by atoms with van der Waals surface area (Å²) in [5.41, 5.74) is 1.74. The van der Waals surface area contributed by atoms with E-state index in [2.05, 4.69) is 0 Å². The van der Waals surface area contributed by atoms with Gasteiger partial charge in [0.2, 0.25) is 0 Å². The molecule has 1 heterocycles. The number of allylic oxidation sites excluding steroid dienone is 1. The number of hydrogen-bond donors (Lipinski definition) is 1. The van der Waals surface area contributed by atoms with Gasteiger partial charge in [-0.05, 0) is 13.8 Å². The van der Waals surface area contributed by atoms with E-state index in [4.69, 9.17) is 5.84 Å². The average Bonchev–Trinajstić information content (AvgIpc) is 2.43. The molecule has 0 aliphatic carbocycles. The van der Waals surface area contributed by atoms with E-state index < -0.39 is 0 Å². The zero-order valence-electron chi connectivity index (χ0n) is 11.8. The fraction of sp³-hybridized carbons (Fsp3) is 0.750. The van der Waals surface area contributed by atoms with Gasteiger partial charge in [0.15, 0.2) is 0 Å². The first-order chi connectivity index (χ1) is 7.54. The molecule has 0 aromatic heterocycles. The Morgan fingerprint density at radius 2 is 1.50 bits per heavy atom. The van der Waals surface area contributed by atoms with Gasteiger partial charge < -0.3 is 4.90 Å². The molecule has 1 rings (SSSR count). The van der Waals surface area contributed by atoms with Gasteiger partial charge in [0.05, 0.1) is 6.54 Å². The molecule has 0 fully saturated rings. The third kappa shape index (κ3) is 4.66. The Balaban J connectivity index is 0. The second kappa shape index (κ2) is 9.21. The van der Waals surface area contributed by atoms with Crippen molar-refractivity contribution in [1.29, 1.82) is 0 Å². The molecule has 0 aromatic carbocycles. The predicted molar refractivity (Wildman–Crippen MR) is 69.6 cm³/mol. The average molecular weight is 229 g/mol. The van der Waals surface area contributed by atoms with Crippen LogP contribution in [0.4, 0.5) is 0 Å². The van der Waals surface area contributed by atoms with E-state index in [1.165, 1.54) is 5.01 Å². The third-order valence-electron chi connectivity index (χ3n) is 2.37. The van der Waals surface area contributed by atoms with Crippen molar-refractivity contribution < 1.29 is 4.79 Å². The number of rotatable bonds is 0. The standard InChI is InChI=1S/C8H15N3O.2C2H6/c1-6-7(2)10(3)4-5-11(9)8(6)12;2*1-2/h4-5,9H2,1-3H3;2*1-2H3. The molecular formula is C12H27N3O. The fourth-order valence-electron chi connectivity index (χ4n) is 1.18. The van der Waals surface area contributed by atoms with Gasteiger partial charge in [-0.3, -0.25) is 9.80 Å². The summed E-state index contributed by atoms with van der Waals surface area (Å²) in [5.74, 6) is 5.44. The summed E-state index contributed by atoms with van der Waals surface area (Å²) in [7, 11) is 1.96. The highest BCUT2D eigenvalue weighted by Crippen LogP contribution is 2.12. The number of nitrogens with zero attached hydrogens (tertiary/aromatic N) is 2. The monoisotopic (exact) mass is 229 g/mol. The van der Waals surface area contributed by atoms with Crippen molar-refractivity contribution in [2.75, 3.05) is 20.1 Å². The Labute approximate surface area is 100 Å². The summed E-state index contributed by atoms with van der Waals surface area (Å²) in [6, 6.07) is 0. The molecule has 1 amide bonds. The fourth-order valence-corrected chi connectivity index (χ4v) is 1.18. The maximum absolute atomic E-state index is 11.4. The molecule has 1 aliphatic heterocycles. The number of hydrogen-bond acceptors (Lipinski definition) is 3. The van der Waals surface area contributed by atoms with Crippen LogP contribution in [0, 0.1) is 0 Å². The van der Waals surface area contributed by atoms with Gasteiger partial charge in [0.1, 0.15) is 0 Å². The highest BCUT2D eigenvalue weighted by molar-refractivity contribution is 5.93. The molecule has 1 aliphatic rings. The highest BCUT2D eigenvalue weighted by atomic mass is 16.2. The van der Waals surface area contributed by atoms with Crippen LogP contribution >= 0.6 is 0 Å². The molecular weight excluding hydrogens is 202 g/mol. The summed E-state index contributed by atoms with van der Waals surface area (Å²) in [6.45, 7) is 13.1. The molecule has 0 radical (unpaired) electrons. The highest BCUT2D eigenvalue weighted by Gasteiger charge is 2.19. The molecule has 0 atom stereocenters. The molecule has 4 nitrogen and oxygen atoms in total. The summed E-state index contributed by atoms with van der Waals surface area (Å²) in [4.78, 5) is 13.5. The lowest BCUT2D eigenvalue weighted by molar-refractivity contribution is -0.127. The first-order valence-electron chi connectivity index (χ1n) is 5.99. The van der Waals surface area contributed by atoms with Crippen LogP contribution in [-0.2, 0) is 4.79 Å². The van der Waals surface area contributed by atoms with Crippen molar-refractivity contribution in [2.45, 2.75) is 41.5 Å². The van der Waals surface area contributed by atoms with E-state index in [-0.39, 0.29) is 5.91 Å². The Hall–Kier alpha value is -1.03. The first kappa shape index (κ1) is 17.4. The van der Waals surface area contributed by atoms with Crippen LogP contribution in [0.3, 0.4) is 0 Å². The van der Waals surface area contributed by atoms with Gasteiger partial charge in [-0.2, -0.15) is 0 Å². The molecule has 0 saturated carbocycles. The van der Waals surface area contributed by atoms with Gasteiger partial charge in [0, 0.05) is 24.9 Å². The van der Waals surface area contributed by atoms with E-state index >= 15 is 0 Å². The second-order valence-electron chi connectivity index (χ2n) is 3.13. The minimum Gasteiger partial charge on any atom is -0.376 e. The lowest BCUT2D eigenvalue weighted by Gasteiger charge is -2.17. The molecule has 0 unspecified atom stereocenters. The summed E-state index contributed by atoms with van der Waals surface area (Å²) in [6.07, 6.45) is 0. The number of amides is 1. The van der Waals surface area contributed by atoms with Crippen molar-refractivity contribution in [3.63, 3.8) is 0 Å². The lowest BCUT2D eigenvalue weighted by Crippen LogP contribution is -2.39. The second-order valence-corrected chi connectivity index (χ2v) is 3.13. The van der Waals surface area contributed by atoms with Crippen LogP contribution in [-0.4, -0.2) is 36.0 Å². The van der Waals surface area contributed by atoms with E-state index in [1.54, 1.807) is 6.92 Å². The van der Waals surface area contributed by atoms with Gasteiger partial charge in [0.25, 0.3) is 5.91 Å². The molecule has 0 saturated heterocycles. The van der Waals surface area contributed by atoms with E-state index in [0.717, 1.165) is 17.8 Å². The number of carbonyl (C=O) groups excluding carboxylic acids is 1. The van der Waals surface area contributed by atoms with Crippen molar-refractivity contribution in [2.24, 2.45) is 5.84 Å². The normalized spacial score (nSPS) is 15.9. The first-order valence-corrected chi connectivity index (χ1v) is 5.99. The van der Waals surface area contributed by atoms with Crippen molar-refractivity contribution in [1.82, 2.24) is 9.91 Å². The van der Waals surface area contributed by atoms with Gasteiger partial charge >= 0.3 is 0 Å². The number of hydrazine groups is 1.